The molecular weight excluding hydrogens is 268 g/mol. The molecule has 6 heteroatoms. The Morgan fingerprint density at radius 3 is 2.42 bits per heavy atom. The van der Waals surface area contributed by atoms with Crippen LogP contribution in [0.15, 0.2) is 18.2 Å². The fraction of sp³-hybridized carbons (Fsp3) is 0.385. The van der Waals surface area contributed by atoms with Crippen LogP contribution in [0.1, 0.15) is 31.1 Å². The highest BCUT2D eigenvalue weighted by molar-refractivity contribution is 6.31. The molecule has 1 rings (SSSR count). The van der Waals surface area contributed by atoms with Crippen molar-refractivity contribution in [2.75, 3.05) is 5.32 Å². The summed E-state index contributed by atoms with van der Waals surface area (Å²) in [6.07, 6.45) is 0. The van der Waals surface area contributed by atoms with E-state index in [4.69, 9.17) is 16.7 Å². The van der Waals surface area contributed by atoms with Crippen molar-refractivity contribution in [2.45, 2.75) is 26.8 Å². The van der Waals surface area contributed by atoms with Crippen molar-refractivity contribution in [3.63, 3.8) is 0 Å². The van der Waals surface area contributed by atoms with Crippen LogP contribution in [0.5, 0.6) is 0 Å². The van der Waals surface area contributed by atoms with Crippen LogP contribution < -0.4 is 10.6 Å². The number of aromatic carboxylic acids is 1. The molecule has 0 aliphatic rings. The molecule has 0 saturated heterocycles. The minimum absolute atomic E-state index is 0.00301. The highest BCUT2D eigenvalue weighted by atomic mass is 35.5. The molecule has 1 aromatic rings. The first-order valence-electron chi connectivity index (χ1n) is 5.91. The minimum atomic E-state index is -1.12. The van der Waals surface area contributed by atoms with Crippen LogP contribution in [0.4, 0.5) is 10.5 Å². The molecule has 19 heavy (non-hydrogen) atoms. The molecule has 0 aliphatic carbocycles. The van der Waals surface area contributed by atoms with Crippen LogP contribution in [0.3, 0.4) is 0 Å². The smallest absolute Gasteiger partial charge is 0.337 e. The summed E-state index contributed by atoms with van der Waals surface area (Å²) in [5.41, 5.74) is 0.171. The van der Waals surface area contributed by atoms with Crippen LogP contribution in [0, 0.1) is 5.92 Å². The first-order valence-corrected chi connectivity index (χ1v) is 6.29. The molecule has 0 bridgehead atoms. The zero-order valence-corrected chi connectivity index (χ0v) is 11.8. The number of benzene rings is 1. The summed E-state index contributed by atoms with van der Waals surface area (Å²) < 4.78 is 0. The second-order valence-electron chi connectivity index (χ2n) is 4.63. The van der Waals surface area contributed by atoms with Crippen molar-refractivity contribution in [3.05, 3.63) is 28.8 Å². The Balaban J connectivity index is 2.84. The van der Waals surface area contributed by atoms with E-state index in [9.17, 15) is 9.59 Å². The van der Waals surface area contributed by atoms with E-state index >= 15 is 0 Å². The van der Waals surface area contributed by atoms with Gasteiger partial charge in [0, 0.05) is 11.1 Å². The number of anilines is 1. The van der Waals surface area contributed by atoms with E-state index in [1.807, 2.05) is 20.8 Å². The molecule has 5 nitrogen and oxygen atoms in total. The standard InChI is InChI=1S/C13H17ClN2O3/c1-7(2)8(3)15-13(19)16-11-6-9(14)4-5-10(11)12(17)18/h4-8H,1-3H3,(H,17,18)(H2,15,16,19). The van der Waals surface area contributed by atoms with Gasteiger partial charge in [0.1, 0.15) is 0 Å². The van der Waals surface area contributed by atoms with E-state index in [1.54, 1.807) is 0 Å². The Kier molecular flexibility index (Phi) is 5.18. The topological polar surface area (TPSA) is 78.4 Å². The molecule has 0 fully saturated rings. The van der Waals surface area contributed by atoms with Crippen molar-refractivity contribution in [3.8, 4) is 0 Å². The van der Waals surface area contributed by atoms with E-state index < -0.39 is 12.0 Å². The number of nitrogens with one attached hydrogen (secondary N) is 2. The fourth-order valence-corrected chi connectivity index (χ4v) is 1.51. The molecule has 1 atom stereocenters. The summed E-state index contributed by atoms with van der Waals surface area (Å²) in [6.45, 7) is 5.83. The molecule has 0 saturated carbocycles. The molecule has 0 aliphatic heterocycles. The number of carbonyl (C=O) groups excluding carboxylic acids is 1. The number of carbonyl (C=O) groups is 2. The molecule has 0 radical (unpaired) electrons. The van der Waals surface area contributed by atoms with Gasteiger partial charge in [-0.05, 0) is 31.0 Å². The Labute approximate surface area is 117 Å². The van der Waals surface area contributed by atoms with Crippen molar-refractivity contribution < 1.29 is 14.7 Å². The quantitative estimate of drug-likeness (QED) is 0.794. The Morgan fingerprint density at radius 2 is 1.89 bits per heavy atom. The van der Waals surface area contributed by atoms with Gasteiger partial charge in [0.25, 0.3) is 0 Å². The lowest BCUT2D eigenvalue weighted by molar-refractivity contribution is 0.0698. The van der Waals surface area contributed by atoms with E-state index in [0.29, 0.717) is 5.02 Å². The number of amides is 2. The van der Waals surface area contributed by atoms with Crippen LogP contribution in [0.25, 0.3) is 0 Å². The van der Waals surface area contributed by atoms with Gasteiger partial charge in [0.15, 0.2) is 0 Å². The van der Waals surface area contributed by atoms with E-state index in [1.165, 1.54) is 18.2 Å². The SMILES string of the molecule is CC(C)C(C)NC(=O)Nc1cc(Cl)ccc1C(=O)O. The van der Waals surface area contributed by atoms with Gasteiger partial charge in [-0.1, -0.05) is 25.4 Å². The lowest BCUT2D eigenvalue weighted by Crippen LogP contribution is -2.39. The average molecular weight is 285 g/mol. The second-order valence-corrected chi connectivity index (χ2v) is 5.06. The van der Waals surface area contributed by atoms with Crippen LogP contribution in [-0.2, 0) is 0 Å². The van der Waals surface area contributed by atoms with Gasteiger partial charge in [0.05, 0.1) is 11.3 Å². The van der Waals surface area contributed by atoms with Gasteiger partial charge in [0.2, 0.25) is 0 Å². The number of urea groups is 1. The third-order valence-corrected chi connectivity index (χ3v) is 3.05. The highest BCUT2D eigenvalue weighted by Gasteiger charge is 2.15. The lowest BCUT2D eigenvalue weighted by atomic mass is 10.1. The van der Waals surface area contributed by atoms with Gasteiger partial charge >= 0.3 is 12.0 Å². The number of halogens is 1. The third kappa shape index (κ3) is 4.44. The minimum Gasteiger partial charge on any atom is -0.478 e. The predicted molar refractivity (Wildman–Crippen MR) is 74.9 cm³/mol. The predicted octanol–water partition coefficient (Wildman–Crippen LogP) is 3.20. The maximum absolute atomic E-state index is 11.8. The summed E-state index contributed by atoms with van der Waals surface area (Å²) in [5.74, 6) is -0.840. The monoisotopic (exact) mass is 284 g/mol. The zero-order valence-electron chi connectivity index (χ0n) is 11.0. The summed E-state index contributed by atoms with van der Waals surface area (Å²) in [5, 5.41) is 14.6. The van der Waals surface area contributed by atoms with Crippen LogP contribution >= 0.6 is 11.6 Å². The fourth-order valence-electron chi connectivity index (χ4n) is 1.34. The van der Waals surface area contributed by atoms with E-state index in [-0.39, 0.29) is 23.2 Å². The summed E-state index contributed by atoms with van der Waals surface area (Å²) >= 11 is 5.80. The molecule has 3 N–H and O–H groups in total. The maximum Gasteiger partial charge on any atom is 0.337 e. The summed E-state index contributed by atoms with van der Waals surface area (Å²) in [7, 11) is 0. The number of hydrogen-bond acceptors (Lipinski definition) is 2. The van der Waals surface area contributed by atoms with Gasteiger partial charge < -0.3 is 15.7 Å². The van der Waals surface area contributed by atoms with Crippen molar-refractivity contribution in [1.82, 2.24) is 5.32 Å². The average Bonchev–Trinajstić information content (AvgIpc) is 2.27. The van der Waals surface area contributed by atoms with Crippen LogP contribution in [0.2, 0.25) is 5.02 Å². The number of carboxylic acids is 1. The molecule has 2 amide bonds. The molecule has 0 spiro atoms. The summed E-state index contributed by atoms with van der Waals surface area (Å²) in [4.78, 5) is 22.8. The van der Waals surface area contributed by atoms with E-state index in [0.717, 1.165) is 0 Å². The Morgan fingerprint density at radius 1 is 1.26 bits per heavy atom. The number of rotatable bonds is 4. The first-order chi connectivity index (χ1) is 8.81. The second kappa shape index (κ2) is 6.43. The highest BCUT2D eigenvalue weighted by Crippen LogP contribution is 2.21. The summed E-state index contributed by atoms with van der Waals surface area (Å²) in [6, 6.07) is 3.75. The molecule has 1 aromatic carbocycles. The van der Waals surface area contributed by atoms with Crippen LogP contribution in [-0.4, -0.2) is 23.1 Å². The van der Waals surface area contributed by atoms with Crippen molar-refractivity contribution in [1.29, 1.82) is 0 Å². The largest absolute Gasteiger partial charge is 0.478 e. The van der Waals surface area contributed by atoms with Gasteiger partial charge in [-0.15, -0.1) is 0 Å². The Hall–Kier alpha value is -1.75. The molecule has 1 unspecified atom stereocenters. The van der Waals surface area contributed by atoms with Crippen molar-refractivity contribution in [2.24, 2.45) is 5.92 Å². The zero-order chi connectivity index (χ0) is 14.6. The molecule has 0 aromatic heterocycles. The van der Waals surface area contributed by atoms with E-state index in [2.05, 4.69) is 10.6 Å². The van der Waals surface area contributed by atoms with Gasteiger partial charge in [-0.2, -0.15) is 0 Å². The normalized spacial score (nSPS) is 12.1. The lowest BCUT2D eigenvalue weighted by Gasteiger charge is -2.18. The van der Waals surface area contributed by atoms with Gasteiger partial charge in [-0.25, -0.2) is 9.59 Å². The van der Waals surface area contributed by atoms with Crippen molar-refractivity contribution >= 4 is 29.3 Å². The first kappa shape index (κ1) is 15.3. The number of hydrogen-bond donors (Lipinski definition) is 3. The number of carboxylic acid groups (broad SMARTS) is 1. The maximum atomic E-state index is 11.8. The molecular formula is C13H17ClN2O3. The Bertz CT molecular complexity index is 489. The van der Waals surface area contributed by atoms with Gasteiger partial charge in [-0.3, -0.25) is 0 Å². The molecule has 0 heterocycles. The third-order valence-electron chi connectivity index (χ3n) is 2.82. The molecule has 104 valence electrons.